The molecule has 0 saturated heterocycles. The number of ether oxygens (including phenoxy) is 1. The molecule has 0 spiro atoms. The summed E-state index contributed by atoms with van der Waals surface area (Å²) in [4.78, 5) is 28.8. The van der Waals surface area contributed by atoms with Crippen molar-refractivity contribution in [2.24, 2.45) is 0 Å². The molecule has 0 aliphatic heterocycles. The maximum absolute atomic E-state index is 12.4. The second-order valence-electron chi connectivity index (χ2n) is 6.52. The highest BCUT2D eigenvalue weighted by atomic mass is 16.6. The van der Waals surface area contributed by atoms with Gasteiger partial charge < -0.3 is 4.74 Å². The molecule has 0 aromatic carbocycles. The van der Waals surface area contributed by atoms with Gasteiger partial charge >= 0.3 is 6.09 Å². The van der Waals surface area contributed by atoms with E-state index < -0.39 is 11.7 Å². The van der Waals surface area contributed by atoms with Gasteiger partial charge in [-0.05, 0) is 39.2 Å². The first kappa shape index (κ1) is 21.4. The average Bonchev–Trinajstić information content (AvgIpc) is 2.99. The number of pyridine rings is 1. The number of hydrogen-bond acceptors (Lipinski definition) is 4. The normalized spacial score (nSPS) is 10.4. The predicted molar refractivity (Wildman–Crippen MR) is 104 cm³/mol. The van der Waals surface area contributed by atoms with Crippen molar-refractivity contribution in [3.8, 4) is 11.8 Å². The second kappa shape index (κ2) is 9.76. The molecule has 26 heavy (non-hydrogen) atoms. The molecule has 140 valence electrons. The van der Waals surface area contributed by atoms with Crippen molar-refractivity contribution >= 4 is 22.8 Å². The van der Waals surface area contributed by atoms with Crippen molar-refractivity contribution in [2.75, 3.05) is 0 Å². The number of fused-ring (bicyclic) bond motifs is 1. The summed E-state index contributed by atoms with van der Waals surface area (Å²) in [6.45, 7) is 11.4. The van der Waals surface area contributed by atoms with Gasteiger partial charge in [0.15, 0.2) is 0 Å². The van der Waals surface area contributed by atoms with Crippen molar-refractivity contribution in [3.63, 3.8) is 0 Å². The minimum absolute atomic E-state index is 0.301. The Morgan fingerprint density at radius 3 is 2.58 bits per heavy atom. The lowest BCUT2D eigenvalue weighted by Crippen LogP contribution is -2.26. The van der Waals surface area contributed by atoms with E-state index in [0.717, 1.165) is 12.8 Å². The minimum atomic E-state index is -0.625. The van der Waals surface area contributed by atoms with Crippen LogP contribution in [0.4, 0.5) is 4.79 Å². The van der Waals surface area contributed by atoms with E-state index in [2.05, 4.69) is 23.7 Å². The lowest BCUT2D eigenvalue weighted by atomic mass is 10.1. The van der Waals surface area contributed by atoms with Gasteiger partial charge in [0.2, 0.25) is 5.78 Å². The second-order valence-corrected chi connectivity index (χ2v) is 6.52. The molecule has 0 bridgehead atoms. The molecule has 0 unspecified atom stereocenters. The van der Waals surface area contributed by atoms with Gasteiger partial charge in [-0.15, -0.1) is 0 Å². The Balaban J connectivity index is 0.00000163. The van der Waals surface area contributed by atoms with Crippen LogP contribution in [0.2, 0.25) is 0 Å². The Morgan fingerprint density at radius 2 is 1.96 bits per heavy atom. The Morgan fingerprint density at radius 1 is 1.27 bits per heavy atom. The Kier molecular flexibility index (Phi) is 8.05. The van der Waals surface area contributed by atoms with E-state index in [-0.39, 0.29) is 5.78 Å². The molecule has 5 heteroatoms. The lowest BCUT2D eigenvalue weighted by Gasteiger charge is -2.19. The van der Waals surface area contributed by atoms with Gasteiger partial charge in [-0.1, -0.05) is 33.1 Å². The highest BCUT2D eigenvalue weighted by Crippen LogP contribution is 2.22. The molecule has 2 aromatic rings. The molecule has 5 nitrogen and oxygen atoms in total. The number of nitrogens with zero attached hydrogens (tertiary/aromatic N) is 2. The zero-order chi connectivity index (χ0) is 19.7. The van der Waals surface area contributed by atoms with Crippen LogP contribution in [-0.4, -0.2) is 27.0 Å². The Hall–Kier alpha value is -2.61. The first-order chi connectivity index (χ1) is 12.3. The third kappa shape index (κ3) is 5.73. The monoisotopic (exact) mass is 356 g/mol. The minimum Gasteiger partial charge on any atom is -0.443 e. The van der Waals surface area contributed by atoms with Crippen LogP contribution in [-0.2, 0) is 4.74 Å². The number of unbranched alkanes of at least 4 members (excludes halogenated alkanes) is 2. The number of rotatable bonds is 3. The highest BCUT2D eigenvalue weighted by Gasteiger charge is 2.22. The van der Waals surface area contributed by atoms with Crippen LogP contribution in [0, 0.1) is 11.8 Å². The van der Waals surface area contributed by atoms with Crippen molar-refractivity contribution in [1.29, 1.82) is 0 Å². The molecule has 0 saturated carbocycles. The van der Waals surface area contributed by atoms with Crippen LogP contribution >= 0.6 is 0 Å². The predicted octanol–water partition coefficient (Wildman–Crippen LogP) is 5.22. The molecule has 0 fully saturated rings. The molecular formula is C21H28N2O3. The molecule has 0 aliphatic rings. The van der Waals surface area contributed by atoms with Gasteiger partial charge in [0.25, 0.3) is 0 Å². The Labute approximate surface area is 155 Å². The van der Waals surface area contributed by atoms with Crippen LogP contribution in [0.1, 0.15) is 71.2 Å². The first-order valence-electron chi connectivity index (χ1n) is 9.05. The van der Waals surface area contributed by atoms with Crippen LogP contribution in [0.5, 0.6) is 0 Å². The van der Waals surface area contributed by atoms with Crippen molar-refractivity contribution in [2.45, 2.75) is 66.4 Å². The van der Waals surface area contributed by atoms with Crippen molar-refractivity contribution in [1.82, 2.24) is 9.55 Å². The van der Waals surface area contributed by atoms with Gasteiger partial charge in [-0.2, -0.15) is 0 Å². The van der Waals surface area contributed by atoms with E-state index in [0.29, 0.717) is 22.9 Å². The van der Waals surface area contributed by atoms with E-state index in [1.807, 2.05) is 13.8 Å². The van der Waals surface area contributed by atoms with Gasteiger partial charge in [-0.25, -0.2) is 4.79 Å². The van der Waals surface area contributed by atoms with E-state index in [9.17, 15) is 9.59 Å². The number of hydrogen-bond donors (Lipinski definition) is 0. The van der Waals surface area contributed by atoms with E-state index in [4.69, 9.17) is 4.74 Å². The first-order valence-corrected chi connectivity index (χ1v) is 9.05. The highest BCUT2D eigenvalue weighted by molar-refractivity contribution is 6.17. The third-order valence-electron chi connectivity index (χ3n) is 3.30. The molecule has 0 amide bonds. The van der Waals surface area contributed by atoms with Crippen LogP contribution in [0.25, 0.3) is 10.9 Å². The molecule has 0 N–H and O–H groups in total. The quantitative estimate of drug-likeness (QED) is 0.327. The fourth-order valence-electron chi connectivity index (χ4n) is 2.19. The zero-order valence-electron chi connectivity index (χ0n) is 16.5. The summed E-state index contributed by atoms with van der Waals surface area (Å²) in [6.07, 6.45) is 6.75. The summed E-state index contributed by atoms with van der Waals surface area (Å²) >= 11 is 0. The summed E-state index contributed by atoms with van der Waals surface area (Å²) in [6, 6.07) is 1.71. The maximum atomic E-state index is 12.4. The van der Waals surface area contributed by atoms with E-state index >= 15 is 0 Å². The summed E-state index contributed by atoms with van der Waals surface area (Å²) in [5, 5.41) is 0.644. The fraction of sp³-hybridized carbons (Fsp3) is 0.476. The number of aromatic nitrogens is 2. The molecule has 2 heterocycles. The van der Waals surface area contributed by atoms with Crippen molar-refractivity contribution < 1.29 is 14.3 Å². The number of carbonyl (C=O) groups is 2. The van der Waals surface area contributed by atoms with Crippen LogP contribution < -0.4 is 0 Å². The van der Waals surface area contributed by atoms with Gasteiger partial charge in [0, 0.05) is 24.2 Å². The molecular weight excluding hydrogens is 328 g/mol. The lowest BCUT2D eigenvalue weighted by molar-refractivity contribution is 0.0544. The smallest absolute Gasteiger partial charge is 0.419 e. The number of ketones is 1. The molecule has 2 rings (SSSR count). The SMILES string of the molecule is CC.CCCCC#CC(=O)c1cn(C(=O)OC(C)(C)C)c2cnccc12. The summed E-state index contributed by atoms with van der Waals surface area (Å²) in [5.41, 5.74) is 0.299. The summed E-state index contributed by atoms with van der Waals surface area (Å²) in [5.74, 6) is 5.24. The standard InChI is InChI=1S/C19H22N2O3.C2H6/c1-5-6-7-8-9-17(22)15-13-21(18(23)24-19(2,3)4)16-12-20-11-10-14(15)16;1-2/h10-13H,5-7H2,1-4H3;1-2H3. The van der Waals surface area contributed by atoms with E-state index in [1.54, 1.807) is 39.2 Å². The van der Waals surface area contributed by atoms with Gasteiger partial charge in [-0.3, -0.25) is 14.3 Å². The molecule has 2 aromatic heterocycles. The zero-order valence-corrected chi connectivity index (χ0v) is 16.5. The fourth-order valence-corrected chi connectivity index (χ4v) is 2.19. The van der Waals surface area contributed by atoms with Gasteiger partial charge in [0.1, 0.15) is 5.60 Å². The Bertz CT molecular complexity index is 817. The van der Waals surface area contributed by atoms with Crippen LogP contribution in [0.3, 0.4) is 0 Å². The molecule has 0 aliphatic carbocycles. The van der Waals surface area contributed by atoms with Gasteiger partial charge in [0.05, 0.1) is 17.3 Å². The van der Waals surface area contributed by atoms with Crippen LogP contribution in [0.15, 0.2) is 24.7 Å². The topological polar surface area (TPSA) is 61.2 Å². The number of carbonyl (C=O) groups excluding carboxylic acids is 2. The molecule has 0 atom stereocenters. The van der Waals surface area contributed by atoms with E-state index in [1.165, 1.54) is 10.8 Å². The van der Waals surface area contributed by atoms with Crippen molar-refractivity contribution in [3.05, 3.63) is 30.2 Å². The summed E-state index contributed by atoms with van der Waals surface area (Å²) in [7, 11) is 0. The third-order valence-corrected chi connectivity index (χ3v) is 3.30. The largest absolute Gasteiger partial charge is 0.443 e. The average molecular weight is 356 g/mol. The molecule has 0 radical (unpaired) electrons. The number of Topliss-reactive ketones (excluding diaryl/α,β-unsaturated/α-hetero) is 1. The maximum Gasteiger partial charge on any atom is 0.419 e. The summed E-state index contributed by atoms with van der Waals surface area (Å²) < 4.78 is 6.70.